The predicted octanol–water partition coefficient (Wildman–Crippen LogP) is 2.13. The van der Waals surface area contributed by atoms with E-state index in [1.807, 2.05) is 13.0 Å². The average molecular weight is 281 g/mol. The maximum atomic E-state index is 11.8. The molecule has 82 valence electrons. The van der Waals surface area contributed by atoms with E-state index in [4.69, 9.17) is 0 Å². The maximum Gasteiger partial charge on any atom is 0.258 e. The molecule has 0 saturated carbocycles. The summed E-state index contributed by atoms with van der Waals surface area (Å²) in [7, 11) is 0. The normalized spacial score (nSPS) is 10.1. The zero-order valence-corrected chi connectivity index (χ0v) is 10.1. The van der Waals surface area contributed by atoms with Gasteiger partial charge in [0, 0.05) is 10.0 Å². The van der Waals surface area contributed by atoms with Crippen molar-refractivity contribution in [2.45, 2.75) is 6.92 Å². The minimum absolute atomic E-state index is 0.225. The highest BCUT2D eigenvalue weighted by atomic mass is 79.9. The molecule has 1 heterocycles. The predicted molar refractivity (Wildman–Crippen MR) is 63.2 cm³/mol. The van der Waals surface area contributed by atoms with Gasteiger partial charge in [0.05, 0.1) is 0 Å². The highest BCUT2D eigenvalue weighted by Gasteiger charge is 2.08. The summed E-state index contributed by atoms with van der Waals surface area (Å²) in [5, 5.41) is 8.80. The number of carbonyl (C=O) groups is 1. The van der Waals surface area contributed by atoms with Crippen LogP contribution in [-0.2, 0) is 0 Å². The van der Waals surface area contributed by atoms with Gasteiger partial charge in [0.2, 0.25) is 5.95 Å². The second-order valence-corrected chi connectivity index (χ2v) is 4.11. The van der Waals surface area contributed by atoms with Gasteiger partial charge < -0.3 is 0 Å². The number of hydrogen-bond donors (Lipinski definition) is 2. The second-order valence-electron chi connectivity index (χ2n) is 3.25. The van der Waals surface area contributed by atoms with E-state index in [0.29, 0.717) is 11.5 Å². The zero-order chi connectivity index (χ0) is 11.5. The molecular weight excluding hydrogens is 272 g/mol. The average Bonchev–Trinajstić information content (AvgIpc) is 2.74. The Morgan fingerprint density at radius 1 is 1.50 bits per heavy atom. The number of carbonyl (C=O) groups excluding carboxylic acids is 1. The Bertz CT molecular complexity index is 510. The van der Waals surface area contributed by atoms with Crippen LogP contribution in [0.15, 0.2) is 29.0 Å². The quantitative estimate of drug-likeness (QED) is 0.885. The third-order valence-electron chi connectivity index (χ3n) is 2.08. The number of aryl methyl sites for hydroxylation is 1. The number of rotatable bonds is 2. The molecule has 2 N–H and O–H groups in total. The lowest BCUT2D eigenvalue weighted by Crippen LogP contribution is -2.13. The van der Waals surface area contributed by atoms with Gasteiger partial charge in [-0.1, -0.05) is 22.0 Å². The molecule has 0 aliphatic heterocycles. The van der Waals surface area contributed by atoms with Crippen molar-refractivity contribution in [1.82, 2.24) is 15.2 Å². The van der Waals surface area contributed by atoms with Crippen LogP contribution in [0.1, 0.15) is 15.9 Å². The van der Waals surface area contributed by atoms with E-state index in [2.05, 4.69) is 36.4 Å². The summed E-state index contributed by atoms with van der Waals surface area (Å²) < 4.78 is 0.901. The summed E-state index contributed by atoms with van der Waals surface area (Å²) in [6, 6.07) is 5.40. The zero-order valence-electron chi connectivity index (χ0n) is 8.49. The minimum atomic E-state index is -0.225. The molecule has 2 rings (SSSR count). The largest absolute Gasteiger partial charge is 0.291 e. The molecule has 0 aliphatic carbocycles. The number of amides is 1. The van der Waals surface area contributed by atoms with E-state index >= 15 is 0 Å². The lowest BCUT2D eigenvalue weighted by Gasteiger charge is -2.03. The molecule has 16 heavy (non-hydrogen) atoms. The molecular formula is C10H9BrN4O. The summed E-state index contributed by atoms with van der Waals surface area (Å²) in [6.45, 7) is 1.96. The Balaban J connectivity index is 2.18. The van der Waals surface area contributed by atoms with Gasteiger partial charge in [-0.15, -0.1) is 0 Å². The minimum Gasteiger partial charge on any atom is -0.291 e. The molecule has 1 amide bonds. The van der Waals surface area contributed by atoms with E-state index in [1.165, 1.54) is 6.33 Å². The molecule has 0 aliphatic rings. The van der Waals surface area contributed by atoms with Crippen molar-refractivity contribution < 1.29 is 4.79 Å². The number of hydrogen-bond acceptors (Lipinski definition) is 3. The van der Waals surface area contributed by atoms with Crippen LogP contribution in [0, 0.1) is 6.92 Å². The third-order valence-corrected chi connectivity index (χ3v) is 2.94. The Kier molecular flexibility index (Phi) is 3.00. The van der Waals surface area contributed by atoms with E-state index in [0.717, 1.165) is 10.0 Å². The smallest absolute Gasteiger partial charge is 0.258 e. The molecule has 0 radical (unpaired) electrons. The highest BCUT2D eigenvalue weighted by Crippen LogP contribution is 2.17. The van der Waals surface area contributed by atoms with Crippen molar-refractivity contribution in [1.29, 1.82) is 0 Å². The lowest BCUT2D eigenvalue weighted by atomic mass is 10.1. The van der Waals surface area contributed by atoms with Crippen molar-refractivity contribution in [3.63, 3.8) is 0 Å². The molecule has 0 saturated heterocycles. The van der Waals surface area contributed by atoms with Crippen LogP contribution in [0.25, 0.3) is 0 Å². The number of aromatic amines is 1. The van der Waals surface area contributed by atoms with Crippen LogP contribution in [0.4, 0.5) is 5.95 Å². The van der Waals surface area contributed by atoms with Gasteiger partial charge in [0.25, 0.3) is 5.91 Å². The summed E-state index contributed by atoms with van der Waals surface area (Å²) in [5.74, 6) is 0.110. The molecule has 2 aromatic rings. The Morgan fingerprint density at radius 2 is 2.31 bits per heavy atom. The number of aromatic nitrogens is 3. The van der Waals surface area contributed by atoms with Gasteiger partial charge in [0.1, 0.15) is 6.33 Å². The third kappa shape index (κ3) is 2.27. The fourth-order valence-electron chi connectivity index (χ4n) is 1.18. The first kappa shape index (κ1) is 10.8. The van der Waals surface area contributed by atoms with E-state index in [1.54, 1.807) is 12.1 Å². The summed E-state index contributed by atoms with van der Waals surface area (Å²) >= 11 is 3.38. The molecule has 1 aromatic carbocycles. The molecule has 0 spiro atoms. The van der Waals surface area contributed by atoms with Gasteiger partial charge in [-0.25, -0.2) is 5.10 Å². The molecule has 0 atom stereocenters. The molecule has 6 heteroatoms. The number of nitrogens with one attached hydrogen (secondary N) is 2. The summed E-state index contributed by atoms with van der Waals surface area (Å²) in [6.07, 6.45) is 1.33. The topological polar surface area (TPSA) is 70.7 Å². The van der Waals surface area contributed by atoms with Crippen LogP contribution in [0.3, 0.4) is 0 Å². The monoisotopic (exact) mass is 280 g/mol. The van der Waals surface area contributed by atoms with Crippen molar-refractivity contribution >= 4 is 27.8 Å². The van der Waals surface area contributed by atoms with Crippen LogP contribution < -0.4 is 5.32 Å². The second kappa shape index (κ2) is 4.44. The Labute approximate surface area is 100 Å². The van der Waals surface area contributed by atoms with Gasteiger partial charge in [-0.05, 0) is 24.6 Å². The first-order chi connectivity index (χ1) is 7.66. The Hall–Kier alpha value is -1.69. The Morgan fingerprint density at radius 3 is 2.94 bits per heavy atom. The van der Waals surface area contributed by atoms with Gasteiger partial charge in [-0.3, -0.25) is 10.1 Å². The number of nitrogens with zero attached hydrogens (tertiary/aromatic N) is 2. The first-order valence-corrected chi connectivity index (χ1v) is 5.39. The van der Waals surface area contributed by atoms with E-state index in [9.17, 15) is 4.79 Å². The van der Waals surface area contributed by atoms with E-state index in [-0.39, 0.29) is 5.91 Å². The molecule has 0 bridgehead atoms. The molecule has 0 unspecified atom stereocenters. The number of benzene rings is 1. The molecule has 1 aromatic heterocycles. The van der Waals surface area contributed by atoms with Crippen LogP contribution in [0.5, 0.6) is 0 Å². The van der Waals surface area contributed by atoms with Gasteiger partial charge in [-0.2, -0.15) is 10.1 Å². The molecule has 5 nitrogen and oxygen atoms in total. The highest BCUT2D eigenvalue weighted by molar-refractivity contribution is 9.10. The standard InChI is InChI=1S/C10H9BrN4O/c1-6-2-3-7(4-8(6)11)9(16)14-10-12-5-13-15-10/h2-5H,1H3,(H2,12,13,14,15,16). The van der Waals surface area contributed by atoms with E-state index < -0.39 is 0 Å². The SMILES string of the molecule is Cc1ccc(C(=O)Nc2ncn[nH]2)cc1Br. The van der Waals surface area contributed by atoms with Crippen molar-refractivity contribution in [3.8, 4) is 0 Å². The molecule has 0 fully saturated rings. The number of anilines is 1. The van der Waals surface area contributed by atoms with Gasteiger partial charge in [0.15, 0.2) is 0 Å². The van der Waals surface area contributed by atoms with Crippen molar-refractivity contribution in [2.75, 3.05) is 5.32 Å². The van der Waals surface area contributed by atoms with Crippen molar-refractivity contribution in [3.05, 3.63) is 40.1 Å². The first-order valence-electron chi connectivity index (χ1n) is 4.59. The fraction of sp³-hybridized carbons (Fsp3) is 0.100. The van der Waals surface area contributed by atoms with Crippen molar-refractivity contribution in [2.24, 2.45) is 0 Å². The summed E-state index contributed by atoms with van der Waals surface area (Å²) in [5.41, 5.74) is 1.64. The van der Waals surface area contributed by atoms with Crippen LogP contribution >= 0.6 is 15.9 Å². The summed E-state index contributed by atoms with van der Waals surface area (Å²) in [4.78, 5) is 15.6. The number of halogens is 1. The number of H-pyrrole nitrogens is 1. The maximum absolute atomic E-state index is 11.8. The van der Waals surface area contributed by atoms with Crippen LogP contribution in [-0.4, -0.2) is 21.1 Å². The van der Waals surface area contributed by atoms with Gasteiger partial charge >= 0.3 is 0 Å². The van der Waals surface area contributed by atoms with Crippen LogP contribution in [0.2, 0.25) is 0 Å². The fourth-order valence-corrected chi connectivity index (χ4v) is 1.56. The lowest BCUT2D eigenvalue weighted by molar-refractivity contribution is 0.102.